The summed E-state index contributed by atoms with van der Waals surface area (Å²) in [6.07, 6.45) is 12.2. The van der Waals surface area contributed by atoms with E-state index in [-0.39, 0.29) is 16.4 Å². The number of nitrogens with one attached hydrogen (secondary N) is 1. The third kappa shape index (κ3) is 1.70. The fraction of sp³-hybridized carbons (Fsp3) is 0.762. The van der Waals surface area contributed by atoms with Gasteiger partial charge in [-0.1, -0.05) is 19.4 Å². The fourth-order valence-corrected chi connectivity index (χ4v) is 7.14. The summed E-state index contributed by atoms with van der Waals surface area (Å²) in [5, 5.41) is 10.8. The molecule has 1 aromatic rings. The van der Waals surface area contributed by atoms with Crippen LogP contribution in [-0.2, 0) is 6.42 Å². The molecule has 1 aromatic heterocycles. The molecule has 0 aliphatic heterocycles. The molecule has 3 heteroatoms. The van der Waals surface area contributed by atoms with E-state index in [1.165, 1.54) is 36.3 Å². The molecule has 130 valence electrons. The van der Waals surface area contributed by atoms with Gasteiger partial charge in [0.2, 0.25) is 1.43 Å². The number of aliphatic hydroxyl groups is 1. The molecule has 0 bridgehead atoms. The van der Waals surface area contributed by atoms with E-state index in [0.717, 1.165) is 30.9 Å². The monoisotopic (exact) mass is 328 g/mol. The maximum atomic E-state index is 8.00. The van der Waals surface area contributed by atoms with Crippen LogP contribution < -0.4 is 0 Å². The van der Waals surface area contributed by atoms with E-state index >= 15 is 0 Å². The summed E-state index contributed by atoms with van der Waals surface area (Å²) in [7, 11) is 0. The van der Waals surface area contributed by atoms with Gasteiger partial charge in [0.25, 0.3) is 0 Å². The number of rotatable bonds is 1. The number of allylic oxidation sites excluding steroid dienone is 1. The molecule has 0 spiro atoms. The first-order valence-electron chi connectivity index (χ1n) is 10.6. The minimum absolute atomic E-state index is 0.138. The van der Waals surface area contributed by atoms with E-state index < -0.39 is 0 Å². The number of fused-ring (bicyclic) bond motifs is 6. The Morgan fingerprint density at radius 2 is 2.08 bits per heavy atom. The van der Waals surface area contributed by atoms with Crippen LogP contribution in [0.15, 0.2) is 11.8 Å². The molecule has 24 heavy (non-hydrogen) atoms. The van der Waals surface area contributed by atoms with Crippen LogP contribution in [0.5, 0.6) is 0 Å². The predicted molar refractivity (Wildman–Crippen MR) is 95.3 cm³/mol. The number of hydrogen-bond acceptors (Lipinski definition) is 2. The molecule has 0 aromatic carbocycles. The highest BCUT2D eigenvalue weighted by molar-refractivity contribution is 5.58. The molecule has 3 fully saturated rings. The zero-order chi connectivity index (χ0) is 18.3. The second-order valence-electron chi connectivity index (χ2n) is 9.66. The van der Waals surface area contributed by atoms with Gasteiger partial charge in [-0.25, -0.2) is 0 Å². The Bertz CT molecular complexity index is 789. The number of aromatic amines is 1. The molecule has 1 heterocycles. The van der Waals surface area contributed by atoms with Crippen molar-refractivity contribution < 1.29 is 6.52 Å². The van der Waals surface area contributed by atoms with Crippen LogP contribution in [0.3, 0.4) is 0 Å². The van der Waals surface area contributed by atoms with Crippen LogP contribution in [-0.4, -0.2) is 22.3 Å². The van der Waals surface area contributed by atoms with Gasteiger partial charge in [0.05, 0.1) is 17.5 Å². The van der Waals surface area contributed by atoms with E-state index in [0.29, 0.717) is 11.8 Å². The van der Waals surface area contributed by atoms with Crippen molar-refractivity contribution in [3.8, 4) is 0 Å². The first-order chi connectivity index (χ1) is 12.3. The number of aromatic nitrogens is 2. The van der Waals surface area contributed by atoms with Gasteiger partial charge >= 0.3 is 0 Å². The molecule has 0 radical (unpaired) electrons. The summed E-state index contributed by atoms with van der Waals surface area (Å²) in [6.45, 7) is 7.04. The van der Waals surface area contributed by atoms with Gasteiger partial charge in [0.1, 0.15) is 0 Å². The van der Waals surface area contributed by atoms with Gasteiger partial charge in [-0.05, 0) is 92.1 Å². The van der Waals surface area contributed by atoms with Crippen molar-refractivity contribution in [1.29, 1.82) is 1.43 Å². The van der Waals surface area contributed by atoms with E-state index in [1.54, 1.807) is 5.57 Å². The van der Waals surface area contributed by atoms with Crippen molar-refractivity contribution in [2.75, 3.05) is 0 Å². The topological polar surface area (TPSA) is 48.9 Å². The van der Waals surface area contributed by atoms with E-state index in [9.17, 15) is 0 Å². The van der Waals surface area contributed by atoms with Crippen molar-refractivity contribution in [2.45, 2.75) is 71.3 Å². The Hall–Kier alpha value is -1.09. The second-order valence-corrected chi connectivity index (χ2v) is 9.66. The zero-order valence-electron chi connectivity index (χ0n) is 17.1. The van der Waals surface area contributed by atoms with Crippen LogP contribution in [0.25, 0.3) is 6.08 Å². The first kappa shape index (κ1) is 13.2. The van der Waals surface area contributed by atoms with Gasteiger partial charge < -0.3 is 5.11 Å². The molecule has 6 atom stereocenters. The molecule has 4 aliphatic rings. The summed E-state index contributed by atoms with van der Waals surface area (Å²) in [6, 6.07) is 0. The second kappa shape index (κ2) is 4.55. The highest BCUT2D eigenvalue weighted by Gasteiger charge is 2.62. The lowest BCUT2D eigenvalue weighted by molar-refractivity contribution is -0.116. The van der Waals surface area contributed by atoms with E-state index in [4.69, 9.17) is 7.95 Å². The van der Waals surface area contributed by atoms with Crippen molar-refractivity contribution >= 4 is 6.08 Å². The maximum Gasteiger partial charge on any atom is 0.211 e. The average molecular weight is 328 g/mol. The number of nitrogens with zero attached hydrogens (tertiary/aromatic N) is 1. The van der Waals surface area contributed by atoms with Crippen LogP contribution in [0.2, 0.25) is 1.41 Å². The van der Waals surface area contributed by atoms with Gasteiger partial charge in [-0.3, -0.25) is 5.09 Å². The Morgan fingerprint density at radius 1 is 1.25 bits per heavy atom. The molecule has 2 N–H and O–H groups in total. The molecule has 5 rings (SSSR count). The lowest BCUT2D eigenvalue weighted by Crippen LogP contribution is -2.54. The molecule has 3 saturated carbocycles. The van der Waals surface area contributed by atoms with Gasteiger partial charge in [-0.2, -0.15) is 5.10 Å². The van der Waals surface area contributed by atoms with E-state index in [1.807, 2.05) is 6.20 Å². The largest absolute Gasteiger partial charge is 0.390 e. The minimum Gasteiger partial charge on any atom is -0.390 e. The molecule has 0 amide bonds. The molecule has 0 unspecified atom stereocenters. The highest BCUT2D eigenvalue weighted by Crippen LogP contribution is 2.67. The first-order valence-corrected chi connectivity index (χ1v) is 9.74. The van der Waals surface area contributed by atoms with Gasteiger partial charge in [0.15, 0.2) is 1.41 Å². The summed E-state index contributed by atoms with van der Waals surface area (Å²) >= 11 is 0. The van der Waals surface area contributed by atoms with Gasteiger partial charge in [-0.15, -0.1) is 0 Å². The van der Waals surface area contributed by atoms with Crippen molar-refractivity contribution in [2.24, 2.45) is 28.6 Å². The Kier molecular flexibility index (Phi) is 2.49. The molecular weight excluding hydrogens is 296 g/mol. The SMILES string of the molecule is [2H]O[C@@]1(C)CC[C@H]2[C@@H]3CCC4=Cc5c(cnn5[2H])C[C@]4(C)[C@H]3CC[C@@]21C. The fourth-order valence-electron chi connectivity index (χ4n) is 7.14. The summed E-state index contributed by atoms with van der Waals surface area (Å²) < 4.78 is 15.7. The Balaban J connectivity index is 1.52. The number of hydrogen-bond donors (Lipinski definition) is 2. The lowest BCUT2D eigenvalue weighted by atomic mass is 9.46. The summed E-state index contributed by atoms with van der Waals surface area (Å²) in [5.74, 6) is 2.12. The number of H-pyrrole nitrogens is 1. The molecule has 0 saturated heterocycles. The lowest BCUT2D eigenvalue weighted by Gasteiger charge is -2.58. The van der Waals surface area contributed by atoms with Crippen molar-refractivity contribution in [3.05, 3.63) is 23.0 Å². The molecular formula is C21H30N2O. The van der Waals surface area contributed by atoms with Crippen LogP contribution in [0.4, 0.5) is 0 Å². The predicted octanol–water partition coefficient (Wildman–Crippen LogP) is 4.34. The van der Waals surface area contributed by atoms with Crippen LogP contribution >= 0.6 is 0 Å². The maximum absolute atomic E-state index is 8.00. The van der Waals surface area contributed by atoms with Crippen LogP contribution in [0.1, 0.15) is 70.6 Å². The standard InChI is InChI=1S/C21H30N2O/c1-19-11-13-12-22-23-18(13)10-14(19)4-5-15-16(19)6-8-20(2)17(15)7-9-21(20,3)24/h10,12,15-17,24H,4-9,11H2,1-3H3,(H,22,23)/t15-,16+,17+,19+,20+,21+/m1/s1/i24D/hD. The zero-order valence-corrected chi connectivity index (χ0v) is 15.1. The smallest absolute Gasteiger partial charge is 0.211 e. The quantitative estimate of drug-likeness (QED) is 0.805. The van der Waals surface area contributed by atoms with E-state index in [2.05, 4.69) is 31.9 Å². The Morgan fingerprint density at radius 3 is 2.92 bits per heavy atom. The van der Waals surface area contributed by atoms with Crippen molar-refractivity contribution in [1.82, 2.24) is 10.2 Å². The third-order valence-corrected chi connectivity index (χ3v) is 8.84. The summed E-state index contributed by atoms with van der Waals surface area (Å²) in [5.41, 5.74) is 3.84. The average Bonchev–Trinajstić information content (AvgIpc) is 3.10. The minimum atomic E-state index is -0.286. The highest BCUT2D eigenvalue weighted by atomic mass is 16.3. The Labute approximate surface area is 147 Å². The molecule has 4 aliphatic carbocycles. The van der Waals surface area contributed by atoms with Crippen molar-refractivity contribution in [3.63, 3.8) is 0 Å². The van der Waals surface area contributed by atoms with Gasteiger partial charge in [0, 0.05) is 0 Å². The summed E-state index contributed by atoms with van der Waals surface area (Å²) in [4.78, 5) is 0. The molecule has 3 nitrogen and oxygen atoms in total. The normalized spacial score (nSPS) is 50.8. The van der Waals surface area contributed by atoms with Crippen LogP contribution in [0, 0.1) is 28.6 Å². The third-order valence-electron chi connectivity index (χ3n) is 8.84.